The number of nitrogens with zero attached hydrogens (tertiary/aromatic N) is 3. The van der Waals surface area contributed by atoms with Gasteiger partial charge in [0.05, 0.1) is 18.2 Å². The maximum absolute atomic E-state index is 12.5. The summed E-state index contributed by atoms with van der Waals surface area (Å²) in [6.07, 6.45) is 1.68. The molecule has 2 heterocycles. The van der Waals surface area contributed by atoms with Crippen molar-refractivity contribution in [1.29, 1.82) is 0 Å². The highest BCUT2D eigenvalue weighted by Gasteiger charge is 2.19. The first-order valence-corrected chi connectivity index (χ1v) is 10.4. The molecule has 158 valence electrons. The van der Waals surface area contributed by atoms with Gasteiger partial charge in [-0.25, -0.2) is 9.36 Å². The lowest BCUT2D eigenvalue weighted by Crippen LogP contribution is -2.46. The van der Waals surface area contributed by atoms with E-state index in [0.717, 1.165) is 57.0 Å². The van der Waals surface area contributed by atoms with E-state index in [-0.39, 0.29) is 5.56 Å². The SMILES string of the molecule is COc1ccccc1N1CCN(CCCCn2c(=O)oc3ccccc3c2=O)CC1. The number of unbranched alkanes of at least 4 members (excludes halogenated alkanes) is 1. The van der Waals surface area contributed by atoms with Crippen LogP contribution in [0, 0.1) is 0 Å². The van der Waals surface area contributed by atoms with Crippen molar-refractivity contribution in [3.63, 3.8) is 0 Å². The Labute approximate surface area is 175 Å². The van der Waals surface area contributed by atoms with E-state index in [1.165, 1.54) is 4.57 Å². The molecule has 2 aromatic carbocycles. The molecule has 0 radical (unpaired) electrons. The van der Waals surface area contributed by atoms with E-state index in [0.29, 0.717) is 17.5 Å². The predicted octanol–water partition coefficient (Wildman–Crippen LogP) is 2.57. The summed E-state index contributed by atoms with van der Waals surface area (Å²) in [4.78, 5) is 29.5. The lowest BCUT2D eigenvalue weighted by atomic mass is 10.2. The van der Waals surface area contributed by atoms with Crippen molar-refractivity contribution in [3.05, 3.63) is 69.4 Å². The molecule has 0 unspecified atom stereocenters. The van der Waals surface area contributed by atoms with Crippen molar-refractivity contribution in [2.75, 3.05) is 44.7 Å². The molecule has 3 aromatic rings. The summed E-state index contributed by atoms with van der Waals surface area (Å²) in [5.41, 5.74) is 1.21. The quantitative estimate of drug-likeness (QED) is 0.559. The molecule has 0 bridgehead atoms. The molecular weight excluding hydrogens is 382 g/mol. The molecule has 30 heavy (non-hydrogen) atoms. The summed E-state index contributed by atoms with van der Waals surface area (Å²) in [5, 5.41) is 0.449. The maximum atomic E-state index is 12.5. The second-order valence-electron chi connectivity index (χ2n) is 7.53. The van der Waals surface area contributed by atoms with Crippen molar-refractivity contribution in [2.24, 2.45) is 0 Å². The summed E-state index contributed by atoms with van der Waals surface area (Å²) < 4.78 is 12.0. The average Bonchev–Trinajstić information content (AvgIpc) is 2.79. The van der Waals surface area contributed by atoms with Gasteiger partial charge in [-0.05, 0) is 43.7 Å². The van der Waals surface area contributed by atoms with E-state index in [1.54, 1.807) is 31.4 Å². The third-order valence-corrected chi connectivity index (χ3v) is 5.68. The fourth-order valence-corrected chi connectivity index (χ4v) is 4.01. The van der Waals surface area contributed by atoms with Crippen molar-refractivity contribution in [3.8, 4) is 5.75 Å². The van der Waals surface area contributed by atoms with Gasteiger partial charge in [0.15, 0.2) is 0 Å². The summed E-state index contributed by atoms with van der Waals surface area (Å²) in [6.45, 7) is 5.20. The van der Waals surface area contributed by atoms with Gasteiger partial charge >= 0.3 is 5.76 Å². The van der Waals surface area contributed by atoms with Gasteiger partial charge in [0, 0.05) is 32.7 Å². The van der Waals surface area contributed by atoms with Gasteiger partial charge in [-0.2, -0.15) is 0 Å². The van der Waals surface area contributed by atoms with Crippen LogP contribution in [-0.4, -0.2) is 49.3 Å². The molecule has 0 spiro atoms. The first-order chi connectivity index (χ1) is 14.7. The number of ether oxygens (including phenoxy) is 1. The van der Waals surface area contributed by atoms with Crippen LogP contribution in [-0.2, 0) is 6.54 Å². The predicted molar refractivity (Wildman–Crippen MR) is 118 cm³/mol. The summed E-state index contributed by atoms with van der Waals surface area (Å²) in [5.74, 6) is 0.328. The van der Waals surface area contributed by atoms with Gasteiger partial charge in [-0.1, -0.05) is 24.3 Å². The number of hydrogen-bond acceptors (Lipinski definition) is 6. The highest BCUT2D eigenvalue weighted by molar-refractivity contribution is 5.74. The number of para-hydroxylation sites is 3. The van der Waals surface area contributed by atoms with Gasteiger partial charge in [-0.15, -0.1) is 0 Å². The smallest absolute Gasteiger partial charge is 0.422 e. The fraction of sp³-hybridized carbons (Fsp3) is 0.391. The highest BCUT2D eigenvalue weighted by atomic mass is 16.5. The molecular formula is C23H27N3O4. The van der Waals surface area contributed by atoms with Crippen LogP contribution in [0.1, 0.15) is 12.8 Å². The molecule has 1 aliphatic rings. The number of fused-ring (bicyclic) bond motifs is 1. The molecule has 4 rings (SSSR count). The molecule has 7 nitrogen and oxygen atoms in total. The molecule has 0 saturated carbocycles. The first-order valence-electron chi connectivity index (χ1n) is 10.4. The van der Waals surface area contributed by atoms with E-state index >= 15 is 0 Å². The third-order valence-electron chi connectivity index (χ3n) is 5.68. The second kappa shape index (κ2) is 9.17. The summed E-state index contributed by atoms with van der Waals surface area (Å²) in [6, 6.07) is 15.0. The molecule has 1 aliphatic heterocycles. The summed E-state index contributed by atoms with van der Waals surface area (Å²) >= 11 is 0. The third kappa shape index (κ3) is 4.26. The van der Waals surface area contributed by atoms with Gasteiger partial charge in [0.25, 0.3) is 5.56 Å². The largest absolute Gasteiger partial charge is 0.495 e. The number of methoxy groups -OCH3 is 1. The normalized spacial score (nSPS) is 14.9. The Morgan fingerprint density at radius 1 is 0.900 bits per heavy atom. The van der Waals surface area contributed by atoms with Crippen LogP contribution in [0.5, 0.6) is 5.75 Å². The molecule has 0 amide bonds. The molecule has 1 fully saturated rings. The molecule has 1 saturated heterocycles. The van der Waals surface area contributed by atoms with Crippen molar-refractivity contribution in [2.45, 2.75) is 19.4 Å². The number of piperazine rings is 1. The Morgan fingerprint density at radius 3 is 2.40 bits per heavy atom. The lowest BCUT2D eigenvalue weighted by molar-refractivity contribution is 0.249. The summed E-state index contributed by atoms with van der Waals surface area (Å²) in [7, 11) is 1.70. The van der Waals surface area contributed by atoms with Crippen LogP contribution < -0.4 is 21.0 Å². The van der Waals surface area contributed by atoms with Crippen molar-refractivity contribution >= 4 is 16.7 Å². The average molecular weight is 409 g/mol. The first kappa shape index (κ1) is 20.2. The van der Waals surface area contributed by atoms with Crippen molar-refractivity contribution in [1.82, 2.24) is 9.47 Å². The van der Waals surface area contributed by atoms with E-state index < -0.39 is 5.76 Å². The van der Waals surface area contributed by atoms with E-state index in [4.69, 9.17) is 9.15 Å². The second-order valence-corrected chi connectivity index (χ2v) is 7.53. The van der Waals surface area contributed by atoms with Crippen LogP contribution in [0.2, 0.25) is 0 Å². The van der Waals surface area contributed by atoms with Crippen molar-refractivity contribution < 1.29 is 9.15 Å². The topological polar surface area (TPSA) is 67.9 Å². The Hall–Kier alpha value is -3.06. The van der Waals surface area contributed by atoms with Gasteiger partial charge in [-0.3, -0.25) is 9.69 Å². The van der Waals surface area contributed by atoms with Crippen LogP contribution in [0.15, 0.2) is 62.5 Å². The number of rotatable bonds is 7. The van der Waals surface area contributed by atoms with Gasteiger partial charge in [0.2, 0.25) is 0 Å². The monoisotopic (exact) mass is 409 g/mol. The Morgan fingerprint density at radius 2 is 1.60 bits per heavy atom. The standard InChI is InChI=1S/C23H27N3O4/c1-29-21-11-5-3-9-19(21)25-16-14-24(15-17-25)12-6-7-13-26-22(27)18-8-2-4-10-20(18)30-23(26)28/h2-5,8-11H,6-7,12-17H2,1H3. The zero-order valence-corrected chi connectivity index (χ0v) is 17.3. The number of anilines is 1. The molecule has 0 atom stereocenters. The molecule has 7 heteroatoms. The Bertz CT molecular complexity index is 1110. The minimum atomic E-state index is -0.580. The van der Waals surface area contributed by atoms with E-state index in [9.17, 15) is 9.59 Å². The van der Waals surface area contributed by atoms with E-state index in [2.05, 4.69) is 15.9 Å². The van der Waals surface area contributed by atoms with Gasteiger partial charge in [0.1, 0.15) is 11.3 Å². The van der Waals surface area contributed by atoms with Crippen LogP contribution >= 0.6 is 0 Å². The van der Waals surface area contributed by atoms with E-state index in [1.807, 2.05) is 18.2 Å². The number of aromatic nitrogens is 1. The highest BCUT2D eigenvalue weighted by Crippen LogP contribution is 2.28. The Balaban J connectivity index is 1.28. The fourth-order valence-electron chi connectivity index (χ4n) is 4.01. The molecule has 0 N–H and O–H groups in total. The van der Waals surface area contributed by atoms with Crippen LogP contribution in [0.3, 0.4) is 0 Å². The minimum absolute atomic E-state index is 0.271. The van der Waals surface area contributed by atoms with Crippen LogP contribution in [0.4, 0.5) is 5.69 Å². The zero-order valence-electron chi connectivity index (χ0n) is 17.3. The number of benzene rings is 2. The van der Waals surface area contributed by atoms with Gasteiger partial charge < -0.3 is 14.1 Å². The Kier molecular flexibility index (Phi) is 6.18. The maximum Gasteiger partial charge on any atom is 0.422 e. The number of hydrogen-bond donors (Lipinski definition) is 0. The minimum Gasteiger partial charge on any atom is -0.495 e. The lowest BCUT2D eigenvalue weighted by Gasteiger charge is -2.36. The van der Waals surface area contributed by atoms with Crippen LogP contribution in [0.25, 0.3) is 11.0 Å². The molecule has 0 aliphatic carbocycles. The molecule has 1 aromatic heterocycles. The zero-order chi connectivity index (χ0) is 20.9.